The molecule has 0 spiro atoms. The molecule has 1 N–H and O–H groups in total. The number of anilines is 1. The lowest BCUT2D eigenvalue weighted by Crippen LogP contribution is -2.38. The van der Waals surface area contributed by atoms with Gasteiger partial charge in [-0.15, -0.1) is 0 Å². The fraction of sp³-hybridized carbons (Fsp3) is 0.464. The first kappa shape index (κ1) is 23.1. The van der Waals surface area contributed by atoms with Gasteiger partial charge in [0.25, 0.3) is 0 Å². The molecule has 6 heteroatoms. The maximum absolute atomic E-state index is 11.0. The Hall–Kier alpha value is -2.67. The van der Waals surface area contributed by atoms with Gasteiger partial charge < -0.3 is 19.3 Å². The summed E-state index contributed by atoms with van der Waals surface area (Å²) in [5.41, 5.74) is 4.23. The van der Waals surface area contributed by atoms with Crippen LogP contribution in [-0.4, -0.2) is 60.2 Å². The van der Waals surface area contributed by atoms with E-state index in [0.29, 0.717) is 19.5 Å². The number of benzene rings is 2. The predicted molar refractivity (Wildman–Crippen MR) is 134 cm³/mol. The number of hydrogen-bond acceptors (Lipinski definition) is 6. The molecule has 2 fully saturated rings. The van der Waals surface area contributed by atoms with Crippen LogP contribution in [-0.2, 0) is 17.7 Å². The molecule has 6 nitrogen and oxygen atoms in total. The zero-order valence-corrected chi connectivity index (χ0v) is 19.8. The Bertz CT molecular complexity index is 1010. The highest BCUT2D eigenvalue weighted by Crippen LogP contribution is 2.34. The molecular formula is C28H35N3O3. The molecular weight excluding hydrogens is 426 g/mol. The van der Waals surface area contributed by atoms with Gasteiger partial charge in [-0.25, -0.2) is 0 Å². The van der Waals surface area contributed by atoms with Crippen molar-refractivity contribution in [1.29, 1.82) is 0 Å². The fourth-order valence-electron chi connectivity index (χ4n) is 5.19. The van der Waals surface area contributed by atoms with Crippen LogP contribution in [0.3, 0.4) is 0 Å². The first-order valence-electron chi connectivity index (χ1n) is 12.6. The molecule has 2 saturated heterocycles. The van der Waals surface area contributed by atoms with Crippen molar-refractivity contribution in [3.05, 3.63) is 71.8 Å². The minimum atomic E-state index is -0.459. The van der Waals surface area contributed by atoms with Crippen LogP contribution < -0.4 is 4.90 Å². The number of hydrogen-bond donors (Lipinski definition) is 1. The molecule has 0 saturated carbocycles. The molecule has 2 aromatic carbocycles. The van der Waals surface area contributed by atoms with Gasteiger partial charge in [-0.1, -0.05) is 65.8 Å². The Morgan fingerprint density at radius 2 is 1.74 bits per heavy atom. The number of nitrogens with zero attached hydrogens (tertiary/aromatic N) is 3. The summed E-state index contributed by atoms with van der Waals surface area (Å²) in [4.78, 5) is 4.65. The second-order valence-electron chi connectivity index (χ2n) is 9.55. The number of aliphatic hydroxyl groups excluding tert-OH is 1. The van der Waals surface area contributed by atoms with Gasteiger partial charge in [0.15, 0.2) is 0 Å². The van der Waals surface area contributed by atoms with Crippen molar-refractivity contribution in [3.63, 3.8) is 0 Å². The Balaban J connectivity index is 1.40. The highest BCUT2D eigenvalue weighted by Gasteiger charge is 2.28. The van der Waals surface area contributed by atoms with Crippen LogP contribution in [0.5, 0.6) is 0 Å². The van der Waals surface area contributed by atoms with E-state index < -0.39 is 6.10 Å². The van der Waals surface area contributed by atoms with Crippen molar-refractivity contribution in [2.24, 2.45) is 0 Å². The highest BCUT2D eigenvalue weighted by molar-refractivity contribution is 5.68. The van der Waals surface area contributed by atoms with Crippen LogP contribution in [0.2, 0.25) is 0 Å². The van der Waals surface area contributed by atoms with Gasteiger partial charge in [0.05, 0.1) is 17.8 Å². The molecule has 0 bridgehead atoms. The molecule has 2 aliphatic rings. The van der Waals surface area contributed by atoms with E-state index in [1.807, 2.05) is 36.4 Å². The Morgan fingerprint density at radius 1 is 1.00 bits per heavy atom. The van der Waals surface area contributed by atoms with Crippen molar-refractivity contribution in [2.75, 3.05) is 37.7 Å². The SMILES string of the molecule is O[C@H](Cc1ccccc1)CN(Cc1c(-c2ccccc2)noc1N1CCCC1)C[C@H]1CCCO1. The Kier molecular flexibility index (Phi) is 7.59. The maximum atomic E-state index is 11.0. The van der Waals surface area contributed by atoms with Gasteiger partial charge in [-0.2, -0.15) is 0 Å². The topological polar surface area (TPSA) is 62.0 Å². The van der Waals surface area contributed by atoms with E-state index in [-0.39, 0.29) is 6.10 Å². The van der Waals surface area contributed by atoms with Gasteiger partial charge in [0.2, 0.25) is 5.88 Å². The first-order chi connectivity index (χ1) is 16.8. The van der Waals surface area contributed by atoms with E-state index in [4.69, 9.17) is 9.26 Å². The number of aliphatic hydroxyl groups is 1. The lowest BCUT2D eigenvalue weighted by atomic mass is 10.0. The van der Waals surface area contributed by atoms with Crippen LogP contribution in [0.15, 0.2) is 65.2 Å². The van der Waals surface area contributed by atoms with E-state index in [2.05, 4.69) is 39.2 Å². The molecule has 180 valence electrons. The van der Waals surface area contributed by atoms with Crippen LogP contribution in [0, 0.1) is 0 Å². The lowest BCUT2D eigenvalue weighted by molar-refractivity contribution is 0.0465. The molecule has 2 aliphatic heterocycles. The van der Waals surface area contributed by atoms with Crippen molar-refractivity contribution in [2.45, 2.75) is 50.9 Å². The third-order valence-corrected chi connectivity index (χ3v) is 6.86. The summed E-state index contributed by atoms with van der Waals surface area (Å²) in [6.45, 7) is 4.87. The first-order valence-corrected chi connectivity index (χ1v) is 12.6. The van der Waals surface area contributed by atoms with Crippen LogP contribution >= 0.6 is 0 Å². The minimum Gasteiger partial charge on any atom is -0.391 e. The zero-order chi connectivity index (χ0) is 23.2. The summed E-state index contributed by atoms with van der Waals surface area (Å²) in [5, 5.41) is 15.5. The largest absolute Gasteiger partial charge is 0.391 e. The van der Waals surface area contributed by atoms with Crippen molar-refractivity contribution in [3.8, 4) is 11.3 Å². The maximum Gasteiger partial charge on any atom is 0.232 e. The summed E-state index contributed by atoms with van der Waals surface area (Å²) < 4.78 is 11.9. The molecule has 0 radical (unpaired) electrons. The molecule has 3 heterocycles. The van der Waals surface area contributed by atoms with Crippen molar-refractivity contribution < 1.29 is 14.4 Å². The minimum absolute atomic E-state index is 0.208. The summed E-state index contributed by atoms with van der Waals surface area (Å²) in [6, 6.07) is 20.5. The molecule has 2 atom stereocenters. The lowest BCUT2D eigenvalue weighted by Gasteiger charge is -2.28. The van der Waals surface area contributed by atoms with E-state index in [9.17, 15) is 5.11 Å². The molecule has 0 aliphatic carbocycles. The Morgan fingerprint density at radius 3 is 2.44 bits per heavy atom. The van der Waals surface area contributed by atoms with E-state index in [0.717, 1.165) is 67.4 Å². The van der Waals surface area contributed by atoms with Crippen LogP contribution in [0.1, 0.15) is 36.8 Å². The quantitative estimate of drug-likeness (QED) is 0.479. The molecule has 0 amide bonds. The zero-order valence-electron chi connectivity index (χ0n) is 19.8. The normalized spacial score (nSPS) is 19.2. The average molecular weight is 462 g/mol. The number of rotatable bonds is 10. The van der Waals surface area contributed by atoms with Gasteiger partial charge in [0, 0.05) is 44.9 Å². The third kappa shape index (κ3) is 5.69. The van der Waals surface area contributed by atoms with E-state index in [1.165, 1.54) is 12.8 Å². The molecule has 5 rings (SSSR count). The van der Waals surface area contributed by atoms with Crippen molar-refractivity contribution in [1.82, 2.24) is 10.1 Å². The number of ether oxygens (including phenoxy) is 1. The van der Waals surface area contributed by atoms with Crippen LogP contribution in [0.25, 0.3) is 11.3 Å². The summed E-state index contributed by atoms with van der Waals surface area (Å²) in [6.07, 6.45) is 4.91. The summed E-state index contributed by atoms with van der Waals surface area (Å²) >= 11 is 0. The predicted octanol–water partition coefficient (Wildman–Crippen LogP) is 4.53. The standard InChI is InChI=1S/C28H35N3O3/c32-24(18-22-10-3-1-4-11-22)19-30(20-25-14-9-17-33-25)21-26-27(23-12-5-2-6-13-23)29-34-28(26)31-15-7-8-16-31/h1-6,10-13,24-25,32H,7-9,14-21H2/t24-,25-/m1/s1. The van der Waals surface area contributed by atoms with Gasteiger partial charge in [-0.05, 0) is 37.7 Å². The average Bonchev–Trinajstić information content (AvgIpc) is 3.63. The molecule has 34 heavy (non-hydrogen) atoms. The Labute approximate surface area is 202 Å². The molecule has 3 aromatic rings. The number of aromatic nitrogens is 1. The van der Waals surface area contributed by atoms with E-state index >= 15 is 0 Å². The van der Waals surface area contributed by atoms with Gasteiger partial charge in [-0.3, -0.25) is 4.90 Å². The smallest absolute Gasteiger partial charge is 0.232 e. The third-order valence-electron chi connectivity index (χ3n) is 6.86. The fourth-order valence-corrected chi connectivity index (χ4v) is 5.19. The summed E-state index contributed by atoms with van der Waals surface area (Å²) in [7, 11) is 0. The van der Waals surface area contributed by atoms with Crippen LogP contribution in [0.4, 0.5) is 5.88 Å². The molecule has 0 unspecified atom stereocenters. The van der Waals surface area contributed by atoms with Crippen molar-refractivity contribution >= 4 is 5.88 Å². The highest BCUT2D eigenvalue weighted by atomic mass is 16.5. The van der Waals surface area contributed by atoms with E-state index in [1.54, 1.807) is 0 Å². The second-order valence-corrected chi connectivity index (χ2v) is 9.55. The second kappa shape index (κ2) is 11.2. The van der Waals surface area contributed by atoms with Gasteiger partial charge in [0.1, 0.15) is 5.69 Å². The molecule has 1 aromatic heterocycles. The van der Waals surface area contributed by atoms with Gasteiger partial charge >= 0.3 is 0 Å². The summed E-state index contributed by atoms with van der Waals surface area (Å²) in [5.74, 6) is 0.881. The monoisotopic (exact) mass is 461 g/mol.